The molecule has 0 bridgehead atoms. The molecular weight excluding hydrogens is 254 g/mol. The van der Waals surface area contributed by atoms with Gasteiger partial charge in [0.05, 0.1) is 0 Å². The molecule has 1 aliphatic rings. The topological polar surface area (TPSA) is 57.6 Å². The minimum atomic E-state index is -0.959. The Hall–Kier alpha value is -1.84. The van der Waals surface area contributed by atoms with Crippen molar-refractivity contribution in [1.82, 2.24) is 4.90 Å². The molecule has 20 heavy (non-hydrogen) atoms. The number of benzene rings is 1. The largest absolute Gasteiger partial charge is 0.479 e. The fraction of sp³-hybridized carbons (Fsp3) is 0.500. The van der Waals surface area contributed by atoms with E-state index in [0.29, 0.717) is 13.0 Å². The summed E-state index contributed by atoms with van der Waals surface area (Å²) in [5.41, 5.74) is 1.63. The van der Waals surface area contributed by atoms with E-state index in [1.165, 1.54) is 4.90 Å². The van der Waals surface area contributed by atoms with E-state index in [-0.39, 0.29) is 11.3 Å². The highest BCUT2D eigenvalue weighted by molar-refractivity contribution is 5.85. The Balaban J connectivity index is 2.32. The normalized spacial score (nSPS) is 18.6. The zero-order valence-electron chi connectivity index (χ0n) is 12.2. The van der Waals surface area contributed by atoms with Crippen molar-refractivity contribution in [1.29, 1.82) is 0 Å². The highest BCUT2D eigenvalue weighted by atomic mass is 16.4. The van der Waals surface area contributed by atoms with Crippen molar-refractivity contribution in [2.24, 2.45) is 5.41 Å². The van der Waals surface area contributed by atoms with E-state index in [1.807, 2.05) is 45.0 Å². The van der Waals surface area contributed by atoms with Gasteiger partial charge >= 0.3 is 5.97 Å². The molecule has 0 fully saturated rings. The molecule has 1 N–H and O–H groups in total. The first-order chi connectivity index (χ1) is 9.29. The van der Waals surface area contributed by atoms with Crippen LogP contribution in [0.1, 0.15) is 44.4 Å². The summed E-state index contributed by atoms with van der Waals surface area (Å²) >= 11 is 0. The van der Waals surface area contributed by atoms with Crippen LogP contribution in [0.25, 0.3) is 0 Å². The Kier molecular flexibility index (Phi) is 3.84. The molecule has 0 radical (unpaired) electrons. The Morgan fingerprint density at radius 1 is 1.30 bits per heavy atom. The Labute approximate surface area is 119 Å². The van der Waals surface area contributed by atoms with Gasteiger partial charge in [-0.05, 0) is 23.0 Å². The summed E-state index contributed by atoms with van der Waals surface area (Å²) in [4.78, 5) is 25.5. The van der Waals surface area contributed by atoms with Gasteiger partial charge in [-0.25, -0.2) is 4.79 Å². The lowest BCUT2D eigenvalue weighted by Gasteiger charge is -2.36. The minimum Gasteiger partial charge on any atom is -0.479 e. The average molecular weight is 275 g/mol. The Morgan fingerprint density at radius 2 is 1.95 bits per heavy atom. The predicted octanol–water partition coefficient (Wildman–Crippen LogP) is 2.63. The van der Waals surface area contributed by atoms with Crippen molar-refractivity contribution in [2.75, 3.05) is 6.54 Å². The number of hydrogen-bond donors (Lipinski definition) is 1. The smallest absolute Gasteiger partial charge is 0.331 e. The third-order valence-corrected chi connectivity index (χ3v) is 3.52. The van der Waals surface area contributed by atoms with Gasteiger partial charge in [0.1, 0.15) is 0 Å². The van der Waals surface area contributed by atoms with E-state index in [4.69, 9.17) is 0 Å². The van der Waals surface area contributed by atoms with E-state index in [9.17, 15) is 14.7 Å². The number of aliphatic carboxylic acids is 1. The molecule has 0 saturated carbocycles. The third kappa shape index (κ3) is 3.00. The van der Waals surface area contributed by atoms with Crippen molar-refractivity contribution in [3.63, 3.8) is 0 Å². The first-order valence-corrected chi connectivity index (χ1v) is 6.90. The van der Waals surface area contributed by atoms with Crippen LogP contribution < -0.4 is 0 Å². The molecule has 0 aliphatic carbocycles. The van der Waals surface area contributed by atoms with Crippen LogP contribution in [0.3, 0.4) is 0 Å². The summed E-state index contributed by atoms with van der Waals surface area (Å²) in [6.45, 7) is 6.43. The van der Waals surface area contributed by atoms with Crippen LogP contribution in [0.4, 0.5) is 0 Å². The molecule has 2 rings (SSSR count). The zero-order valence-corrected chi connectivity index (χ0v) is 12.2. The maximum Gasteiger partial charge on any atom is 0.331 e. The summed E-state index contributed by atoms with van der Waals surface area (Å²) in [6, 6.07) is 6.63. The maximum absolute atomic E-state index is 12.4. The summed E-state index contributed by atoms with van der Waals surface area (Å²) in [6.07, 6.45) is 1.08. The van der Waals surface area contributed by atoms with Crippen LogP contribution in [-0.2, 0) is 16.0 Å². The van der Waals surface area contributed by atoms with Gasteiger partial charge in [0, 0.05) is 13.0 Å². The van der Waals surface area contributed by atoms with Gasteiger partial charge in [0.2, 0.25) is 5.91 Å². The van der Waals surface area contributed by atoms with Crippen LogP contribution in [0.5, 0.6) is 0 Å². The standard InChI is InChI=1S/C16H21NO3/c1-16(2,3)10-13(18)17-9-8-11-6-4-5-7-12(11)14(17)15(19)20/h4-7,14H,8-10H2,1-3H3,(H,19,20). The molecule has 1 aromatic carbocycles. The summed E-state index contributed by atoms with van der Waals surface area (Å²) < 4.78 is 0. The van der Waals surface area contributed by atoms with Crippen LogP contribution in [0.2, 0.25) is 0 Å². The second kappa shape index (κ2) is 5.27. The van der Waals surface area contributed by atoms with E-state index in [2.05, 4.69) is 0 Å². The second-order valence-corrected chi connectivity index (χ2v) is 6.51. The van der Waals surface area contributed by atoms with Crippen LogP contribution >= 0.6 is 0 Å². The average Bonchev–Trinajstić information content (AvgIpc) is 2.35. The van der Waals surface area contributed by atoms with Crippen LogP contribution in [0.15, 0.2) is 24.3 Å². The molecule has 0 saturated heterocycles. The quantitative estimate of drug-likeness (QED) is 0.902. The molecule has 1 amide bonds. The van der Waals surface area contributed by atoms with Gasteiger partial charge in [-0.1, -0.05) is 45.0 Å². The molecule has 4 nitrogen and oxygen atoms in total. The lowest BCUT2D eigenvalue weighted by atomic mass is 9.88. The molecular formula is C16H21NO3. The van der Waals surface area contributed by atoms with Crippen molar-refractivity contribution in [3.8, 4) is 0 Å². The number of carbonyl (C=O) groups excluding carboxylic acids is 1. The summed E-state index contributed by atoms with van der Waals surface area (Å²) in [5.74, 6) is -1.04. The molecule has 0 spiro atoms. The van der Waals surface area contributed by atoms with E-state index < -0.39 is 12.0 Å². The molecule has 108 valence electrons. The highest BCUT2D eigenvalue weighted by Crippen LogP contribution is 2.32. The fourth-order valence-corrected chi connectivity index (χ4v) is 2.66. The predicted molar refractivity (Wildman–Crippen MR) is 76.3 cm³/mol. The van der Waals surface area contributed by atoms with Gasteiger partial charge in [-0.3, -0.25) is 4.79 Å². The number of hydrogen-bond acceptors (Lipinski definition) is 2. The zero-order chi connectivity index (χ0) is 14.9. The Morgan fingerprint density at radius 3 is 2.55 bits per heavy atom. The number of fused-ring (bicyclic) bond motifs is 1. The van der Waals surface area contributed by atoms with Gasteiger partial charge in [-0.15, -0.1) is 0 Å². The lowest BCUT2D eigenvalue weighted by Crippen LogP contribution is -2.44. The van der Waals surface area contributed by atoms with Gasteiger partial charge in [0.25, 0.3) is 0 Å². The van der Waals surface area contributed by atoms with Crippen molar-refractivity contribution >= 4 is 11.9 Å². The number of amides is 1. The maximum atomic E-state index is 12.4. The Bertz CT molecular complexity index is 531. The number of carboxylic acid groups (broad SMARTS) is 1. The van der Waals surface area contributed by atoms with E-state index >= 15 is 0 Å². The number of carboxylic acids is 1. The number of rotatable bonds is 2. The molecule has 1 atom stereocenters. The highest BCUT2D eigenvalue weighted by Gasteiger charge is 2.36. The molecule has 1 unspecified atom stereocenters. The SMILES string of the molecule is CC(C)(C)CC(=O)N1CCc2ccccc2C1C(=O)O. The summed E-state index contributed by atoms with van der Waals surface area (Å²) in [5, 5.41) is 9.51. The molecule has 0 aromatic heterocycles. The monoisotopic (exact) mass is 275 g/mol. The van der Waals surface area contributed by atoms with Crippen molar-refractivity contribution < 1.29 is 14.7 Å². The second-order valence-electron chi connectivity index (χ2n) is 6.51. The third-order valence-electron chi connectivity index (χ3n) is 3.52. The number of nitrogens with zero attached hydrogens (tertiary/aromatic N) is 1. The van der Waals surface area contributed by atoms with Gasteiger partial charge in [0.15, 0.2) is 6.04 Å². The fourth-order valence-electron chi connectivity index (χ4n) is 2.66. The first kappa shape index (κ1) is 14.6. The summed E-state index contributed by atoms with van der Waals surface area (Å²) in [7, 11) is 0. The molecule has 1 heterocycles. The lowest BCUT2D eigenvalue weighted by molar-refractivity contribution is -0.152. The number of carbonyl (C=O) groups is 2. The first-order valence-electron chi connectivity index (χ1n) is 6.90. The van der Waals surface area contributed by atoms with Gasteiger partial charge < -0.3 is 10.0 Å². The van der Waals surface area contributed by atoms with Crippen LogP contribution in [-0.4, -0.2) is 28.4 Å². The minimum absolute atomic E-state index is 0.0839. The van der Waals surface area contributed by atoms with Crippen LogP contribution in [0, 0.1) is 5.41 Å². The van der Waals surface area contributed by atoms with Crippen molar-refractivity contribution in [3.05, 3.63) is 35.4 Å². The van der Waals surface area contributed by atoms with Gasteiger partial charge in [-0.2, -0.15) is 0 Å². The van der Waals surface area contributed by atoms with E-state index in [1.54, 1.807) is 0 Å². The molecule has 1 aromatic rings. The van der Waals surface area contributed by atoms with E-state index in [0.717, 1.165) is 17.5 Å². The molecule has 4 heteroatoms. The van der Waals surface area contributed by atoms with Crippen molar-refractivity contribution in [2.45, 2.75) is 39.7 Å². The molecule has 1 aliphatic heterocycles.